The van der Waals surface area contributed by atoms with Crippen LogP contribution in [0.4, 0.5) is 0 Å². The summed E-state index contributed by atoms with van der Waals surface area (Å²) in [5.41, 5.74) is 0.900. The van der Waals surface area contributed by atoms with Crippen LogP contribution in [0, 0.1) is 5.41 Å². The van der Waals surface area contributed by atoms with Crippen LogP contribution in [0.5, 0.6) is 0 Å². The van der Waals surface area contributed by atoms with Crippen LogP contribution in [0.15, 0.2) is 28.8 Å². The van der Waals surface area contributed by atoms with Crippen LogP contribution in [-0.4, -0.2) is 25.0 Å². The quantitative estimate of drug-likeness (QED) is 0.440. The first-order valence-electron chi connectivity index (χ1n) is 6.64. The molecule has 0 aromatic rings. The van der Waals surface area contributed by atoms with E-state index >= 15 is 0 Å². The lowest BCUT2D eigenvalue weighted by Crippen LogP contribution is -2.41. The Bertz CT molecular complexity index is 400. The van der Waals surface area contributed by atoms with Crippen molar-refractivity contribution < 1.29 is 9.31 Å². The Morgan fingerprint density at radius 3 is 1.84 bits per heavy atom. The van der Waals surface area contributed by atoms with Gasteiger partial charge in [0.2, 0.25) is 0 Å². The molecule has 1 heterocycles. The Morgan fingerprint density at radius 2 is 1.53 bits per heavy atom. The number of nitrogens with zero attached hydrogens (tertiary/aromatic N) is 1. The zero-order chi connectivity index (χ0) is 15.1. The normalized spacial score (nSPS) is 22.5. The minimum Gasteiger partial charge on any atom is -0.398 e. The average Bonchev–Trinajstić information content (AvgIpc) is 2.42. The Kier molecular flexibility index (Phi) is 4.19. The average molecular weight is 263 g/mol. The third-order valence-electron chi connectivity index (χ3n) is 3.96. The van der Waals surface area contributed by atoms with Gasteiger partial charge in [0, 0.05) is 0 Å². The molecule has 19 heavy (non-hydrogen) atoms. The van der Waals surface area contributed by atoms with E-state index in [0.717, 1.165) is 5.57 Å². The highest BCUT2D eigenvalue weighted by Gasteiger charge is 2.52. The molecule has 106 valence electrons. The first kappa shape index (κ1) is 16.2. The predicted octanol–water partition coefficient (Wildman–Crippen LogP) is 3.80. The fraction of sp³-hybridized carbons (Fsp3) is 0.667. The highest BCUT2D eigenvalue weighted by atomic mass is 16.7. The zero-order valence-electron chi connectivity index (χ0n) is 13.3. The van der Waals surface area contributed by atoms with Crippen molar-refractivity contribution in [3.63, 3.8) is 0 Å². The largest absolute Gasteiger partial charge is 0.514 e. The Hall–Kier alpha value is -0.865. The van der Waals surface area contributed by atoms with E-state index in [2.05, 4.69) is 39.1 Å². The van der Waals surface area contributed by atoms with Gasteiger partial charge >= 0.3 is 7.12 Å². The molecule has 0 saturated carbocycles. The second kappa shape index (κ2) is 4.91. The highest BCUT2D eigenvalue weighted by molar-refractivity contribution is 6.54. The summed E-state index contributed by atoms with van der Waals surface area (Å²) in [5.74, 6) is 0. The fourth-order valence-electron chi connectivity index (χ4n) is 1.55. The van der Waals surface area contributed by atoms with Crippen molar-refractivity contribution in [2.24, 2.45) is 10.4 Å². The lowest BCUT2D eigenvalue weighted by atomic mass is 9.79. The molecule has 1 rings (SSSR count). The van der Waals surface area contributed by atoms with E-state index in [-0.39, 0.29) is 16.6 Å². The van der Waals surface area contributed by atoms with Crippen LogP contribution in [0.3, 0.4) is 0 Å². The minimum atomic E-state index is -0.485. The van der Waals surface area contributed by atoms with Gasteiger partial charge in [-0.05, 0) is 51.5 Å². The van der Waals surface area contributed by atoms with Crippen molar-refractivity contribution in [2.45, 2.75) is 59.7 Å². The number of hydrogen-bond acceptors (Lipinski definition) is 3. The van der Waals surface area contributed by atoms with Gasteiger partial charge in [-0.25, -0.2) is 0 Å². The molecule has 1 saturated heterocycles. The summed E-state index contributed by atoms with van der Waals surface area (Å²) in [4.78, 5) is 4.05. The van der Waals surface area contributed by atoms with Crippen molar-refractivity contribution in [1.29, 1.82) is 0 Å². The van der Waals surface area contributed by atoms with Gasteiger partial charge in [-0.2, -0.15) is 0 Å². The van der Waals surface area contributed by atoms with Gasteiger partial charge in [0.15, 0.2) is 0 Å². The maximum Gasteiger partial charge on any atom is 0.514 e. The number of hydrogen-bond donors (Lipinski definition) is 0. The van der Waals surface area contributed by atoms with Crippen molar-refractivity contribution in [3.8, 4) is 0 Å². The summed E-state index contributed by atoms with van der Waals surface area (Å²) < 4.78 is 11.9. The maximum absolute atomic E-state index is 5.97. The van der Waals surface area contributed by atoms with Crippen LogP contribution in [-0.2, 0) is 9.31 Å². The van der Waals surface area contributed by atoms with Crippen LogP contribution < -0.4 is 0 Å². The first-order chi connectivity index (χ1) is 8.40. The minimum absolute atomic E-state index is 0.0143. The van der Waals surface area contributed by atoms with Crippen molar-refractivity contribution in [2.75, 3.05) is 0 Å². The molecule has 0 N–H and O–H groups in total. The van der Waals surface area contributed by atoms with Gasteiger partial charge in [0.05, 0.1) is 16.8 Å². The number of allylic oxidation sites excluding steroid dienone is 2. The van der Waals surface area contributed by atoms with E-state index < -0.39 is 7.12 Å². The molecule has 0 bridgehead atoms. The number of aliphatic imine (C=N–C) groups is 1. The van der Waals surface area contributed by atoms with E-state index in [1.54, 1.807) is 0 Å². The standard InChI is InChI=1S/C15H26BNO2/c1-11(13(2,3)4)10-12(17-9)16-18-14(5,6)15(7,8)19-16/h10H,1,9H2,2-8H3/b12-10-. The monoisotopic (exact) mass is 263 g/mol. The maximum atomic E-state index is 5.97. The smallest absolute Gasteiger partial charge is 0.398 e. The molecule has 0 aliphatic carbocycles. The van der Waals surface area contributed by atoms with Crippen LogP contribution in [0.2, 0.25) is 0 Å². The molecule has 0 amide bonds. The molecule has 0 spiro atoms. The summed E-state index contributed by atoms with van der Waals surface area (Å²) in [7, 11) is -0.485. The zero-order valence-corrected chi connectivity index (χ0v) is 13.3. The Labute approximate surface area is 117 Å². The SMILES string of the molecule is C=N/C(=C\C(=C)C(C)(C)C)B1OC(C)(C)C(C)(C)O1. The molecule has 3 nitrogen and oxygen atoms in total. The van der Waals surface area contributed by atoms with E-state index in [4.69, 9.17) is 9.31 Å². The second-order valence-electron chi connectivity index (χ2n) is 7.09. The summed E-state index contributed by atoms with van der Waals surface area (Å²) in [6.45, 7) is 22.1. The molecule has 1 fully saturated rings. The van der Waals surface area contributed by atoms with Gasteiger partial charge in [0.25, 0.3) is 0 Å². The van der Waals surface area contributed by atoms with Crippen LogP contribution in [0.1, 0.15) is 48.5 Å². The summed E-state index contributed by atoms with van der Waals surface area (Å²) >= 11 is 0. The first-order valence-corrected chi connectivity index (χ1v) is 6.64. The molecule has 0 atom stereocenters. The molecule has 4 heteroatoms. The van der Waals surface area contributed by atoms with E-state index in [9.17, 15) is 0 Å². The lowest BCUT2D eigenvalue weighted by Gasteiger charge is -2.32. The predicted molar refractivity (Wildman–Crippen MR) is 82.3 cm³/mol. The molecule has 0 aromatic heterocycles. The Morgan fingerprint density at radius 1 is 1.11 bits per heavy atom. The van der Waals surface area contributed by atoms with Crippen LogP contribution in [0.25, 0.3) is 0 Å². The third-order valence-corrected chi connectivity index (χ3v) is 3.96. The van der Waals surface area contributed by atoms with Gasteiger partial charge in [0.1, 0.15) is 0 Å². The fourth-order valence-corrected chi connectivity index (χ4v) is 1.55. The topological polar surface area (TPSA) is 30.8 Å². The van der Waals surface area contributed by atoms with Gasteiger partial charge in [-0.1, -0.05) is 27.4 Å². The summed E-state index contributed by atoms with van der Waals surface area (Å²) in [6.07, 6.45) is 1.91. The van der Waals surface area contributed by atoms with Crippen molar-refractivity contribution in [3.05, 3.63) is 23.8 Å². The molecule has 0 radical (unpaired) electrons. The van der Waals surface area contributed by atoms with Gasteiger partial charge in [-0.15, -0.1) is 0 Å². The lowest BCUT2D eigenvalue weighted by molar-refractivity contribution is 0.00578. The summed E-state index contributed by atoms with van der Waals surface area (Å²) in [6, 6.07) is 0. The van der Waals surface area contributed by atoms with E-state index in [0.29, 0.717) is 5.60 Å². The molecular weight excluding hydrogens is 237 g/mol. The van der Waals surface area contributed by atoms with Gasteiger partial charge < -0.3 is 9.31 Å². The van der Waals surface area contributed by atoms with Crippen molar-refractivity contribution >= 4 is 13.8 Å². The second-order valence-corrected chi connectivity index (χ2v) is 7.09. The van der Waals surface area contributed by atoms with E-state index in [1.165, 1.54) is 0 Å². The van der Waals surface area contributed by atoms with Gasteiger partial charge in [-0.3, -0.25) is 4.99 Å². The van der Waals surface area contributed by atoms with Crippen molar-refractivity contribution in [1.82, 2.24) is 0 Å². The number of rotatable bonds is 3. The molecule has 0 unspecified atom stereocenters. The molecule has 0 aromatic carbocycles. The third kappa shape index (κ3) is 3.37. The molecular formula is C15H26BNO2. The molecule has 1 aliphatic heterocycles. The van der Waals surface area contributed by atoms with Crippen LogP contribution >= 0.6 is 0 Å². The van der Waals surface area contributed by atoms with E-state index in [1.807, 2.05) is 33.8 Å². The Balaban J connectivity index is 2.99. The summed E-state index contributed by atoms with van der Waals surface area (Å²) in [5, 5.41) is 0. The highest BCUT2D eigenvalue weighted by Crippen LogP contribution is 2.39. The molecule has 1 aliphatic rings.